The second-order valence-electron chi connectivity index (χ2n) is 6.62. The fourth-order valence-corrected chi connectivity index (χ4v) is 4.87. The number of benzene rings is 2. The highest BCUT2D eigenvalue weighted by Crippen LogP contribution is 2.33. The van der Waals surface area contributed by atoms with Gasteiger partial charge in [0.25, 0.3) is 0 Å². The third-order valence-electron chi connectivity index (χ3n) is 4.87. The van der Waals surface area contributed by atoms with Crippen LogP contribution in [0.2, 0.25) is 0 Å². The van der Waals surface area contributed by atoms with E-state index in [0.717, 1.165) is 27.9 Å². The normalized spacial score (nSPS) is 16.4. The molecule has 0 radical (unpaired) electrons. The van der Waals surface area contributed by atoms with Crippen molar-refractivity contribution in [2.24, 2.45) is 0 Å². The summed E-state index contributed by atoms with van der Waals surface area (Å²) in [7, 11) is -1.94. The Morgan fingerprint density at radius 2 is 1.85 bits per heavy atom. The van der Waals surface area contributed by atoms with E-state index in [2.05, 4.69) is 9.71 Å². The third-order valence-corrected chi connectivity index (χ3v) is 6.41. The van der Waals surface area contributed by atoms with Gasteiger partial charge < -0.3 is 14.5 Å². The molecule has 27 heavy (non-hydrogen) atoms. The summed E-state index contributed by atoms with van der Waals surface area (Å²) in [4.78, 5) is 3.64. The van der Waals surface area contributed by atoms with Crippen LogP contribution in [0.4, 0.5) is 0 Å². The van der Waals surface area contributed by atoms with Crippen molar-refractivity contribution >= 4 is 20.9 Å². The summed E-state index contributed by atoms with van der Waals surface area (Å²) in [5, 5.41) is 1.09. The summed E-state index contributed by atoms with van der Waals surface area (Å²) in [5.74, 6) is 1.45. The fourth-order valence-electron chi connectivity index (χ4n) is 3.63. The van der Waals surface area contributed by atoms with Crippen LogP contribution in [0.1, 0.15) is 18.2 Å². The molecular formula is C20H22N2O4S. The highest BCUT2D eigenvalue weighted by Gasteiger charge is 2.29. The standard InChI is InChI=1S/C20H22N2O4S/c1-3-26-14-4-7-16(8-5-14)27(23,24)22-13-10-17-18-12-15(25-2)6-9-19(18)21-20(17)11-13/h4-9,12-13,21-22H,3,10-11H2,1-2H3. The molecule has 0 spiro atoms. The molecule has 0 fully saturated rings. The van der Waals surface area contributed by atoms with E-state index in [0.29, 0.717) is 25.2 Å². The number of H-pyrrole nitrogens is 1. The van der Waals surface area contributed by atoms with Crippen LogP contribution >= 0.6 is 0 Å². The zero-order valence-electron chi connectivity index (χ0n) is 15.3. The third kappa shape index (κ3) is 3.40. The van der Waals surface area contributed by atoms with Gasteiger partial charge in [0.05, 0.1) is 18.6 Å². The van der Waals surface area contributed by atoms with Crippen LogP contribution < -0.4 is 14.2 Å². The van der Waals surface area contributed by atoms with Gasteiger partial charge in [-0.2, -0.15) is 0 Å². The number of aromatic amines is 1. The number of fused-ring (bicyclic) bond motifs is 3. The van der Waals surface area contributed by atoms with Crippen LogP contribution in [0.3, 0.4) is 0 Å². The molecule has 7 heteroatoms. The number of ether oxygens (including phenoxy) is 2. The smallest absolute Gasteiger partial charge is 0.240 e. The predicted octanol–water partition coefficient (Wildman–Crippen LogP) is 3.02. The molecule has 1 aliphatic rings. The molecule has 2 aromatic carbocycles. The average Bonchev–Trinajstić information content (AvgIpc) is 3.18. The van der Waals surface area contributed by atoms with Crippen molar-refractivity contribution in [2.75, 3.05) is 13.7 Å². The first-order valence-corrected chi connectivity index (χ1v) is 10.4. The van der Waals surface area contributed by atoms with E-state index >= 15 is 0 Å². The summed E-state index contributed by atoms with van der Waals surface area (Å²) >= 11 is 0. The predicted molar refractivity (Wildman–Crippen MR) is 104 cm³/mol. The number of sulfonamides is 1. The van der Waals surface area contributed by atoms with E-state index < -0.39 is 10.0 Å². The number of nitrogens with one attached hydrogen (secondary N) is 2. The zero-order valence-corrected chi connectivity index (χ0v) is 16.1. The lowest BCUT2D eigenvalue weighted by molar-refractivity contribution is 0.340. The molecule has 0 saturated heterocycles. The van der Waals surface area contributed by atoms with Crippen LogP contribution in [-0.4, -0.2) is 33.2 Å². The summed E-state index contributed by atoms with van der Waals surface area (Å²) in [6, 6.07) is 12.2. The van der Waals surface area contributed by atoms with E-state index in [9.17, 15) is 8.42 Å². The topological polar surface area (TPSA) is 80.4 Å². The minimum Gasteiger partial charge on any atom is -0.497 e. The molecule has 4 rings (SSSR count). The fraction of sp³-hybridized carbons (Fsp3) is 0.300. The van der Waals surface area contributed by atoms with Gasteiger partial charge in [-0.3, -0.25) is 0 Å². The van der Waals surface area contributed by atoms with Crippen molar-refractivity contribution in [1.29, 1.82) is 0 Å². The van der Waals surface area contributed by atoms with Crippen molar-refractivity contribution in [3.8, 4) is 11.5 Å². The molecule has 2 N–H and O–H groups in total. The average molecular weight is 386 g/mol. The van der Waals surface area contributed by atoms with E-state index in [-0.39, 0.29) is 10.9 Å². The highest BCUT2D eigenvalue weighted by atomic mass is 32.2. The molecule has 0 amide bonds. The molecule has 1 aliphatic carbocycles. The zero-order chi connectivity index (χ0) is 19.0. The van der Waals surface area contributed by atoms with Gasteiger partial charge in [0.15, 0.2) is 0 Å². The lowest BCUT2D eigenvalue weighted by Crippen LogP contribution is -2.35. The summed E-state index contributed by atoms with van der Waals surface area (Å²) in [6.45, 7) is 2.43. The molecule has 142 valence electrons. The molecule has 0 saturated carbocycles. The highest BCUT2D eigenvalue weighted by molar-refractivity contribution is 7.89. The van der Waals surface area contributed by atoms with Gasteiger partial charge in [-0.15, -0.1) is 0 Å². The molecule has 6 nitrogen and oxygen atoms in total. The maximum atomic E-state index is 12.7. The van der Waals surface area contributed by atoms with Gasteiger partial charge in [-0.1, -0.05) is 0 Å². The van der Waals surface area contributed by atoms with Crippen LogP contribution in [0.5, 0.6) is 11.5 Å². The number of rotatable bonds is 6. The lowest BCUT2D eigenvalue weighted by atomic mass is 10.1. The number of hydrogen-bond acceptors (Lipinski definition) is 4. The Labute approximate surface area is 158 Å². The number of hydrogen-bond donors (Lipinski definition) is 2. The SMILES string of the molecule is CCOc1ccc(S(=O)(=O)NC2Cc3[nH]c4ccc(OC)cc4c3C2)cc1. The van der Waals surface area contributed by atoms with Crippen LogP contribution in [0.15, 0.2) is 47.4 Å². The van der Waals surface area contributed by atoms with Crippen molar-refractivity contribution in [3.63, 3.8) is 0 Å². The Balaban J connectivity index is 1.52. The maximum Gasteiger partial charge on any atom is 0.240 e. The molecule has 1 aromatic heterocycles. The Hall–Kier alpha value is -2.51. The molecule has 1 heterocycles. The Kier molecular flexibility index (Phi) is 4.57. The number of aromatic nitrogens is 1. The first-order chi connectivity index (χ1) is 13.0. The largest absolute Gasteiger partial charge is 0.497 e. The summed E-state index contributed by atoms with van der Waals surface area (Å²) < 4.78 is 38.9. The van der Waals surface area contributed by atoms with Crippen molar-refractivity contribution in [1.82, 2.24) is 9.71 Å². The molecule has 1 atom stereocenters. The molecule has 0 aliphatic heterocycles. The molecule has 3 aromatic rings. The minimum absolute atomic E-state index is 0.168. The summed E-state index contributed by atoms with van der Waals surface area (Å²) in [6.07, 6.45) is 1.29. The van der Waals surface area contributed by atoms with Crippen molar-refractivity contribution < 1.29 is 17.9 Å². The van der Waals surface area contributed by atoms with Crippen LogP contribution in [0, 0.1) is 0 Å². The lowest BCUT2D eigenvalue weighted by Gasteiger charge is -2.13. The van der Waals surface area contributed by atoms with Crippen LogP contribution in [-0.2, 0) is 22.9 Å². The van der Waals surface area contributed by atoms with Crippen molar-refractivity contribution in [2.45, 2.75) is 30.7 Å². The van der Waals surface area contributed by atoms with Crippen LogP contribution in [0.25, 0.3) is 10.9 Å². The van der Waals surface area contributed by atoms with E-state index in [1.54, 1.807) is 31.4 Å². The van der Waals surface area contributed by atoms with Gasteiger partial charge in [-0.25, -0.2) is 13.1 Å². The van der Waals surface area contributed by atoms with E-state index in [1.165, 1.54) is 0 Å². The van der Waals surface area contributed by atoms with Gasteiger partial charge in [0, 0.05) is 29.1 Å². The van der Waals surface area contributed by atoms with Gasteiger partial charge in [0.1, 0.15) is 11.5 Å². The first kappa shape index (κ1) is 17.9. The van der Waals surface area contributed by atoms with Gasteiger partial charge in [0.2, 0.25) is 10.0 Å². The van der Waals surface area contributed by atoms with E-state index in [4.69, 9.17) is 9.47 Å². The number of methoxy groups -OCH3 is 1. The second-order valence-corrected chi connectivity index (χ2v) is 8.34. The van der Waals surface area contributed by atoms with Gasteiger partial charge >= 0.3 is 0 Å². The molecule has 1 unspecified atom stereocenters. The second kappa shape index (κ2) is 6.90. The quantitative estimate of drug-likeness (QED) is 0.682. The van der Waals surface area contributed by atoms with Gasteiger partial charge in [-0.05, 0) is 61.4 Å². The molecule has 0 bridgehead atoms. The molecular weight excluding hydrogens is 364 g/mol. The Bertz CT molecular complexity index is 1070. The Morgan fingerprint density at radius 1 is 1.11 bits per heavy atom. The van der Waals surface area contributed by atoms with Crippen molar-refractivity contribution in [3.05, 3.63) is 53.7 Å². The minimum atomic E-state index is -3.58. The maximum absolute atomic E-state index is 12.7. The monoisotopic (exact) mass is 386 g/mol. The summed E-state index contributed by atoms with van der Waals surface area (Å²) in [5.41, 5.74) is 3.29. The van der Waals surface area contributed by atoms with E-state index in [1.807, 2.05) is 25.1 Å². The first-order valence-electron chi connectivity index (χ1n) is 8.93. The Morgan fingerprint density at radius 3 is 2.56 bits per heavy atom.